The van der Waals surface area contributed by atoms with Crippen LogP contribution in [0.15, 0.2) is 336 Å². The number of para-hydroxylation sites is 2. The van der Waals surface area contributed by atoms with E-state index in [-0.39, 0.29) is 10.8 Å². The Labute approximate surface area is 559 Å². The van der Waals surface area contributed by atoms with Gasteiger partial charge in [0.25, 0.3) is 0 Å². The van der Waals surface area contributed by atoms with E-state index in [0.29, 0.717) is 0 Å². The number of rotatable bonds is 9. The largest absolute Gasteiger partial charge is 0.455 e. The maximum atomic E-state index is 6.85. The molecule has 0 amide bonds. The molecule has 0 fully saturated rings. The molecule has 4 nitrogen and oxygen atoms in total. The van der Waals surface area contributed by atoms with Crippen LogP contribution in [0.3, 0.4) is 0 Å². The Bertz CT molecular complexity index is 5470. The Balaban J connectivity index is 0.000000125. The molecule has 16 aromatic rings. The summed E-state index contributed by atoms with van der Waals surface area (Å²) in [5.74, 6) is 0. The van der Waals surface area contributed by atoms with Crippen molar-refractivity contribution in [1.29, 1.82) is 0 Å². The third-order valence-electron chi connectivity index (χ3n) is 19.2. The average molecular weight is 1240 g/mol. The van der Waals surface area contributed by atoms with Crippen molar-refractivity contribution in [3.05, 3.63) is 355 Å². The van der Waals surface area contributed by atoms with Crippen LogP contribution in [0.5, 0.6) is 0 Å². The summed E-state index contributed by atoms with van der Waals surface area (Å²) in [6.45, 7) is 9.32. The number of benzene rings is 14. The van der Waals surface area contributed by atoms with E-state index in [2.05, 4.69) is 323 Å². The van der Waals surface area contributed by atoms with Crippen LogP contribution in [0.25, 0.3) is 111 Å². The first-order valence-electron chi connectivity index (χ1n) is 32.6. The minimum absolute atomic E-state index is 0.109. The van der Waals surface area contributed by atoms with Gasteiger partial charge in [0, 0.05) is 77.0 Å². The van der Waals surface area contributed by atoms with Gasteiger partial charge in [0.2, 0.25) is 0 Å². The number of nitrogens with zero attached hydrogens (tertiary/aromatic N) is 1. The van der Waals surface area contributed by atoms with Gasteiger partial charge in [-0.3, -0.25) is 0 Å². The van der Waals surface area contributed by atoms with E-state index in [0.717, 1.165) is 77.3 Å². The molecule has 0 radical (unpaired) electrons. The summed E-state index contributed by atoms with van der Waals surface area (Å²) in [6.07, 6.45) is 0. The SMILES string of the molecule is CC1(C)c2ccccc2-c2cc3c(oc4ccc(Cl)cc43)c(-c3ccccc3)c21.CC1(C)c2ccccc2-c2cc3c(oc4ccc(N(c5ccccc5)c5ccc(-c6ccccc6)cc5)cc43)c(-c3ccccc3)c21.c1ccc(Nc2ccc(-c3ccccc3)cc2)cc1. The van der Waals surface area contributed by atoms with Gasteiger partial charge in [0.15, 0.2) is 0 Å². The molecule has 5 heteroatoms. The van der Waals surface area contributed by atoms with Crippen molar-refractivity contribution in [1.82, 2.24) is 0 Å². The van der Waals surface area contributed by atoms with Crippen molar-refractivity contribution in [2.24, 2.45) is 0 Å². The molecule has 0 saturated heterocycles. The van der Waals surface area contributed by atoms with Gasteiger partial charge in [-0.25, -0.2) is 0 Å². The Morgan fingerprint density at radius 2 is 0.653 bits per heavy atom. The Hall–Kier alpha value is -11.4. The number of hydrogen-bond acceptors (Lipinski definition) is 4. The minimum Gasteiger partial charge on any atom is -0.455 e. The second kappa shape index (κ2) is 24.2. The number of hydrogen-bond donors (Lipinski definition) is 1. The molecule has 2 heterocycles. The number of halogens is 1. The minimum atomic E-state index is -0.161. The molecule has 95 heavy (non-hydrogen) atoms. The highest BCUT2D eigenvalue weighted by molar-refractivity contribution is 6.32. The van der Waals surface area contributed by atoms with Gasteiger partial charge < -0.3 is 19.1 Å². The van der Waals surface area contributed by atoms with Gasteiger partial charge in [-0.1, -0.05) is 270 Å². The molecule has 0 aliphatic heterocycles. The molecule has 0 bridgehead atoms. The van der Waals surface area contributed by atoms with Crippen LogP contribution in [-0.4, -0.2) is 0 Å². The Kier molecular flexibility index (Phi) is 15.0. The smallest absolute Gasteiger partial charge is 0.143 e. The van der Waals surface area contributed by atoms with Gasteiger partial charge in [-0.15, -0.1) is 0 Å². The summed E-state index contributed by atoms with van der Waals surface area (Å²) in [5.41, 5.74) is 29.1. The van der Waals surface area contributed by atoms with Crippen molar-refractivity contribution in [2.45, 2.75) is 38.5 Å². The predicted octanol–water partition coefficient (Wildman–Crippen LogP) is 26.0. The maximum absolute atomic E-state index is 6.85. The second-order valence-electron chi connectivity index (χ2n) is 25.7. The molecule has 0 saturated carbocycles. The monoisotopic (exact) mass is 1240 g/mol. The van der Waals surface area contributed by atoms with Crippen molar-refractivity contribution >= 4 is 83.9 Å². The molecule has 2 aromatic heterocycles. The topological polar surface area (TPSA) is 41.6 Å². The third-order valence-corrected chi connectivity index (χ3v) is 19.4. The molecule has 456 valence electrons. The van der Waals surface area contributed by atoms with E-state index >= 15 is 0 Å². The number of nitrogens with one attached hydrogen (secondary N) is 1. The quantitative estimate of drug-likeness (QED) is 0.156. The summed E-state index contributed by atoms with van der Waals surface area (Å²) in [4.78, 5) is 2.33. The standard InChI is InChI=1S/C45H33NO.C27H19ClO.C18H15N/c1-45(2)40-21-13-12-20-36(40)38-29-39-37-28-35(26-27-41(37)47-44(39)42(43(38)45)32-16-8-4-9-17-32)46(33-18-10-5-11-19-33)34-24-22-31(23-25-34)30-14-6-3-7-15-30;1-27(2)22-11-7-6-10-18(22)20-15-21-19-14-17(28)12-13-23(19)29-26(21)24(25(20)27)16-8-4-3-5-9-16;1-3-7-15(8-4-1)16-11-13-18(14-12-16)19-17-9-5-2-6-10-17/h3-29H,1-2H3;3-15H,1-2H3;1-14,19H. The van der Waals surface area contributed by atoms with Crippen LogP contribution < -0.4 is 10.2 Å². The maximum Gasteiger partial charge on any atom is 0.143 e. The van der Waals surface area contributed by atoms with Crippen molar-refractivity contribution < 1.29 is 8.83 Å². The lowest BCUT2D eigenvalue weighted by Crippen LogP contribution is -2.16. The fraction of sp³-hybridized carbons (Fsp3) is 0.0667. The summed E-state index contributed by atoms with van der Waals surface area (Å²) >= 11 is 6.33. The normalized spacial score (nSPS) is 12.9. The van der Waals surface area contributed by atoms with E-state index in [1.54, 1.807) is 0 Å². The molecule has 1 N–H and O–H groups in total. The van der Waals surface area contributed by atoms with Crippen LogP contribution in [0.2, 0.25) is 5.02 Å². The van der Waals surface area contributed by atoms with Gasteiger partial charge in [0.05, 0.1) is 0 Å². The van der Waals surface area contributed by atoms with E-state index in [4.69, 9.17) is 20.4 Å². The first-order valence-corrected chi connectivity index (χ1v) is 32.9. The molecular formula is C90H67ClN2O2. The van der Waals surface area contributed by atoms with E-state index < -0.39 is 0 Å². The summed E-state index contributed by atoms with van der Waals surface area (Å²) in [5, 5.41) is 8.54. The zero-order valence-corrected chi connectivity index (χ0v) is 54.1. The molecule has 2 aliphatic rings. The molecule has 0 spiro atoms. The Morgan fingerprint density at radius 3 is 1.14 bits per heavy atom. The fourth-order valence-electron chi connectivity index (χ4n) is 14.7. The molecule has 2 aliphatic carbocycles. The first kappa shape index (κ1) is 58.6. The van der Waals surface area contributed by atoms with Crippen molar-refractivity contribution in [3.63, 3.8) is 0 Å². The molecule has 0 unspecified atom stereocenters. The van der Waals surface area contributed by atoms with Crippen LogP contribution >= 0.6 is 11.6 Å². The summed E-state index contributed by atoms with van der Waals surface area (Å²) in [7, 11) is 0. The van der Waals surface area contributed by atoms with Crippen molar-refractivity contribution in [3.8, 4) is 66.8 Å². The molecule has 18 rings (SSSR count). The molecular weight excluding hydrogens is 1180 g/mol. The van der Waals surface area contributed by atoms with E-state index in [9.17, 15) is 0 Å². The zero-order valence-electron chi connectivity index (χ0n) is 53.3. The predicted molar refractivity (Wildman–Crippen MR) is 400 cm³/mol. The number of furan rings is 2. The van der Waals surface area contributed by atoms with Crippen LogP contribution in [0.4, 0.5) is 28.4 Å². The lowest BCUT2D eigenvalue weighted by molar-refractivity contribution is 0.650. The van der Waals surface area contributed by atoms with Gasteiger partial charge in [-0.2, -0.15) is 0 Å². The highest BCUT2D eigenvalue weighted by atomic mass is 35.5. The highest BCUT2D eigenvalue weighted by Gasteiger charge is 2.41. The zero-order chi connectivity index (χ0) is 64.2. The van der Waals surface area contributed by atoms with Crippen LogP contribution in [0, 0.1) is 0 Å². The highest BCUT2D eigenvalue weighted by Crippen LogP contribution is 2.57. The van der Waals surface area contributed by atoms with Gasteiger partial charge in [-0.05, 0) is 175 Å². The second-order valence-corrected chi connectivity index (χ2v) is 26.2. The lowest BCUT2D eigenvalue weighted by atomic mass is 9.78. The average Bonchev–Trinajstić information content (AvgIpc) is 1.55. The van der Waals surface area contributed by atoms with Gasteiger partial charge >= 0.3 is 0 Å². The van der Waals surface area contributed by atoms with Crippen LogP contribution in [-0.2, 0) is 10.8 Å². The van der Waals surface area contributed by atoms with E-state index in [1.807, 2.05) is 42.5 Å². The number of anilines is 5. The van der Waals surface area contributed by atoms with Crippen LogP contribution in [0.1, 0.15) is 49.9 Å². The molecule has 0 atom stereocenters. The van der Waals surface area contributed by atoms with Crippen molar-refractivity contribution in [2.75, 3.05) is 10.2 Å². The summed E-state index contributed by atoms with van der Waals surface area (Å²) < 4.78 is 13.3. The lowest BCUT2D eigenvalue weighted by Gasteiger charge is -2.25. The fourth-order valence-corrected chi connectivity index (χ4v) is 14.9. The Morgan fingerprint density at radius 1 is 0.295 bits per heavy atom. The summed E-state index contributed by atoms with van der Waals surface area (Å²) in [6, 6.07) is 115. The van der Waals surface area contributed by atoms with E-state index in [1.165, 1.54) is 89.0 Å². The third kappa shape index (κ3) is 10.6. The van der Waals surface area contributed by atoms with Gasteiger partial charge in [0.1, 0.15) is 22.3 Å². The number of fused-ring (bicyclic) bond motifs is 12. The first-order chi connectivity index (χ1) is 46.5. The molecule has 14 aromatic carbocycles.